The van der Waals surface area contributed by atoms with Crippen LogP contribution < -0.4 is 0 Å². The Morgan fingerprint density at radius 1 is 1.31 bits per heavy atom. The summed E-state index contributed by atoms with van der Waals surface area (Å²) in [7, 11) is 0. The molecule has 0 unspecified atom stereocenters. The summed E-state index contributed by atoms with van der Waals surface area (Å²) in [6, 6.07) is 1.79. The molecule has 2 rings (SSSR count). The summed E-state index contributed by atoms with van der Waals surface area (Å²) in [5.41, 5.74) is 0.898. The molecule has 0 aliphatic heterocycles. The van der Waals surface area contributed by atoms with Crippen LogP contribution in [0.4, 0.5) is 4.39 Å². The monoisotopic (exact) mass is 301 g/mol. The molecule has 0 saturated heterocycles. The summed E-state index contributed by atoms with van der Waals surface area (Å²) >= 11 is 8.94. The van der Waals surface area contributed by atoms with E-state index in [0.29, 0.717) is 11.4 Å². The molecule has 0 amide bonds. The quantitative estimate of drug-likeness (QED) is 0.758. The standard InChI is InChI=1S/C10H6BrClFN3/c1-5-8(13)9(12)16-10(15-5)6-2-7(11)4-14-3-6/h2-4H,1H3. The van der Waals surface area contributed by atoms with E-state index in [9.17, 15) is 4.39 Å². The molecule has 0 atom stereocenters. The molecule has 0 saturated carbocycles. The maximum absolute atomic E-state index is 13.2. The molecule has 0 radical (unpaired) electrons. The van der Waals surface area contributed by atoms with Crippen molar-refractivity contribution in [3.8, 4) is 11.4 Å². The number of aromatic nitrogens is 3. The second-order valence-corrected chi connectivity index (χ2v) is 4.40. The molecule has 0 aromatic carbocycles. The molecule has 0 aliphatic carbocycles. The Morgan fingerprint density at radius 2 is 2.06 bits per heavy atom. The zero-order chi connectivity index (χ0) is 11.7. The van der Waals surface area contributed by atoms with Gasteiger partial charge >= 0.3 is 0 Å². The lowest BCUT2D eigenvalue weighted by molar-refractivity contribution is 0.603. The smallest absolute Gasteiger partial charge is 0.181 e. The number of pyridine rings is 1. The number of hydrogen-bond donors (Lipinski definition) is 0. The summed E-state index contributed by atoms with van der Waals surface area (Å²) in [4.78, 5) is 11.9. The highest BCUT2D eigenvalue weighted by molar-refractivity contribution is 9.10. The van der Waals surface area contributed by atoms with Gasteiger partial charge in [0, 0.05) is 22.4 Å². The van der Waals surface area contributed by atoms with Gasteiger partial charge in [-0.05, 0) is 28.9 Å². The van der Waals surface area contributed by atoms with Gasteiger partial charge in [0.2, 0.25) is 0 Å². The van der Waals surface area contributed by atoms with Gasteiger partial charge in [0.25, 0.3) is 0 Å². The topological polar surface area (TPSA) is 38.7 Å². The van der Waals surface area contributed by atoms with Crippen LogP contribution in [0.2, 0.25) is 5.15 Å². The van der Waals surface area contributed by atoms with Crippen LogP contribution in [0, 0.1) is 12.7 Å². The molecule has 0 bridgehead atoms. The molecule has 82 valence electrons. The Bertz CT molecular complexity index is 524. The van der Waals surface area contributed by atoms with Crippen molar-refractivity contribution in [2.45, 2.75) is 6.92 Å². The lowest BCUT2D eigenvalue weighted by Crippen LogP contribution is -1.97. The third kappa shape index (κ3) is 2.20. The summed E-state index contributed by atoms with van der Waals surface area (Å²) in [5.74, 6) is -0.230. The molecular weight excluding hydrogens is 296 g/mol. The molecule has 2 aromatic rings. The van der Waals surface area contributed by atoms with Crippen molar-refractivity contribution in [3.05, 3.63) is 39.6 Å². The number of rotatable bonds is 1. The van der Waals surface area contributed by atoms with Crippen molar-refractivity contribution < 1.29 is 4.39 Å². The lowest BCUT2D eigenvalue weighted by Gasteiger charge is -2.03. The zero-order valence-electron chi connectivity index (χ0n) is 8.21. The Labute approximate surface area is 105 Å². The fraction of sp³-hybridized carbons (Fsp3) is 0.100. The van der Waals surface area contributed by atoms with Crippen LogP contribution in [0.25, 0.3) is 11.4 Å². The van der Waals surface area contributed by atoms with E-state index in [1.165, 1.54) is 6.92 Å². The van der Waals surface area contributed by atoms with Crippen LogP contribution in [0.3, 0.4) is 0 Å². The summed E-state index contributed by atoms with van der Waals surface area (Å²) < 4.78 is 14.0. The molecule has 2 heterocycles. The number of nitrogens with zero attached hydrogens (tertiary/aromatic N) is 3. The van der Waals surface area contributed by atoms with Gasteiger partial charge in [0.15, 0.2) is 16.8 Å². The minimum Gasteiger partial charge on any atom is -0.263 e. The summed E-state index contributed by atoms with van der Waals surface area (Å²) in [6.07, 6.45) is 3.23. The van der Waals surface area contributed by atoms with Crippen molar-refractivity contribution in [1.82, 2.24) is 15.0 Å². The zero-order valence-corrected chi connectivity index (χ0v) is 10.5. The minimum atomic E-state index is -0.589. The number of aryl methyl sites for hydroxylation is 1. The highest BCUT2D eigenvalue weighted by atomic mass is 79.9. The minimum absolute atomic E-state index is 0.178. The first-order valence-electron chi connectivity index (χ1n) is 4.38. The van der Waals surface area contributed by atoms with Gasteiger partial charge in [-0.2, -0.15) is 0 Å². The second-order valence-electron chi connectivity index (χ2n) is 3.13. The van der Waals surface area contributed by atoms with E-state index in [1.54, 1.807) is 18.5 Å². The molecular formula is C10H6BrClFN3. The molecule has 0 fully saturated rings. The summed E-state index contributed by atoms with van der Waals surface area (Å²) in [5, 5.41) is -0.178. The number of halogens is 3. The van der Waals surface area contributed by atoms with Gasteiger partial charge in [-0.15, -0.1) is 0 Å². The van der Waals surface area contributed by atoms with Crippen molar-refractivity contribution >= 4 is 27.5 Å². The van der Waals surface area contributed by atoms with Crippen molar-refractivity contribution in [2.24, 2.45) is 0 Å². The average molecular weight is 303 g/mol. The molecule has 3 nitrogen and oxygen atoms in total. The molecule has 6 heteroatoms. The predicted octanol–water partition coefficient (Wildman–Crippen LogP) is 3.40. The van der Waals surface area contributed by atoms with Crippen molar-refractivity contribution in [1.29, 1.82) is 0 Å². The third-order valence-corrected chi connectivity index (χ3v) is 2.62. The molecule has 0 aliphatic rings. The van der Waals surface area contributed by atoms with E-state index < -0.39 is 5.82 Å². The van der Waals surface area contributed by atoms with Gasteiger partial charge in [-0.3, -0.25) is 4.98 Å². The third-order valence-electron chi connectivity index (χ3n) is 1.94. The number of hydrogen-bond acceptors (Lipinski definition) is 3. The second kappa shape index (κ2) is 4.43. The van der Waals surface area contributed by atoms with Crippen LogP contribution in [-0.4, -0.2) is 15.0 Å². The van der Waals surface area contributed by atoms with Gasteiger partial charge in [0.1, 0.15) is 0 Å². The Kier molecular flexibility index (Phi) is 3.16. The van der Waals surface area contributed by atoms with E-state index in [1.807, 2.05) is 0 Å². The molecule has 0 N–H and O–H groups in total. The van der Waals surface area contributed by atoms with Crippen LogP contribution >= 0.6 is 27.5 Å². The summed E-state index contributed by atoms with van der Waals surface area (Å²) in [6.45, 7) is 1.54. The van der Waals surface area contributed by atoms with Crippen LogP contribution in [0.15, 0.2) is 22.9 Å². The maximum Gasteiger partial charge on any atom is 0.181 e. The fourth-order valence-electron chi connectivity index (χ4n) is 1.19. The van der Waals surface area contributed by atoms with E-state index in [4.69, 9.17) is 11.6 Å². The first kappa shape index (κ1) is 11.4. The van der Waals surface area contributed by atoms with E-state index >= 15 is 0 Å². The van der Waals surface area contributed by atoms with E-state index in [-0.39, 0.29) is 10.8 Å². The van der Waals surface area contributed by atoms with Crippen LogP contribution in [0.1, 0.15) is 5.69 Å². The highest BCUT2D eigenvalue weighted by Crippen LogP contribution is 2.22. The van der Waals surface area contributed by atoms with Crippen molar-refractivity contribution in [3.63, 3.8) is 0 Å². The molecule has 2 aromatic heterocycles. The Morgan fingerprint density at radius 3 is 2.69 bits per heavy atom. The van der Waals surface area contributed by atoms with Gasteiger partial charge in [0.05, 0.1) is 5.69 Å². The van der Waals surface area contributed by atoms with Gasteiger partial charge in [-0.25, -0.2) is 14.4 Å². The van der Waals surface area contributed by atoms with E-state index in [2.05, 4.69) is 30.9 Å². The maximum atomic E-state index is 13.2. The molecule has 16 heavy (non-hydrogen) atoms. The largest absolute Gasteiger partial charge is 0.263 e. The highest BCUT2D eigenvalue weighted by Gasteiger charge is 2.11. The predicted molar refractivity (Wildman–Crippen MR) is 62.7 cm³/mol. The van der Waals surface area contributed by atoms with Gasteiger partial charge < -0.3 is 0 Å². The lowest BCUT2D eigenvalue weighted by atomic mass is 10.2. The Balaban J connectivity index is 2.57. The van der Waals surface area contributed by atoms with Crippen LogP contribution in [-0.2, 0) is 0 Å². The SMILES string of the molecule is Cc1nc(-c2cncc(Br)c2)nc(Cl)c1F. The Hall–Kier alpha value is -1.07. The molecule has 0 spiro atoms. The van der Waals surface area contributed by atoms with Crippen molar-refractivity contribution in [2.75, 3.05) is 0 Å². The fourth-order valence-corrected chi connectivity index (χ4v) is 1.77. The first-order chi connectivity index (χ1) is 7.58. The normalized spacial score (nSPS) is 10.5. The van der Waals surface area contributed by atoms with Crippen LogP contribution in [0.5, 0.6) is 0 Å². The average Bonchev–Trinajstić information content (AvgIpc) is 2.25. The van der Waals surface area contributed by atoms with E-state index in [0.717, 1.165) is 4.47 Å². The first-order valence-corrected chi connectivity index (χ1v) is 5.55. The van der Waals surface area contributed by atoms with Gasteiger partial charge in [-0.1, -0.05) is 11.6 Å².